The topological polar surface area (TPSA) is 63.3 Å². The third-order valence-corrected chi connectivity index (χ3v) is 3.91. The van der Waals surface area contributed by atoms with Crippen molar-refractivity contribution in [1.29, 1.82) is 0 Å². The first kappa shape index (κ1) is 13.2. The standard InChI is InChI=1S/C12H16BrNO2/c1-7-3-4-9(8(2)12(7)13)10(14)5-6-11(15)16/h3-4,10H,5-6,14H2,1-2H3,(H,15,16). The predicted molar refractivity (Wildman–Crippen MR) is 67.4 cm³/mol. The lowest BCUT2D eigenvalue weighted by molar-refractivity contribution is -0.137. The maximum absolute atomic E-state index is 10.5. The summed E-state index contributed by atoms with van der Waals surface area (Å²) in [5.41, 5.74) is 9.25. The summed E-state index contributed by atoms with van der Waals surface area (Å²) in [5, 5.41) is 8.61. The molecule has 0 aliphatic heterocycles. The van der Waals surface area contributed by atoms with Crippen molar-refractivity contribution in [2.45, 2.75) is 32.7 Å². The van der Waals surface area contributed by atoms with Gasteiger partial charge in [-0.2, -0.15) is 0 Å². The summed E-state index contributed by atoms with van der Waals surface area (Å²) in [5.74, 6) is -0.806. The van der Waals surface area contributed by atoms with Crippen molar-refractivity contribution in [3.05, 3.63) is 33.3 Å². The van der Waals surface area contributed by atoms with Crippen LogP contribution in [-0.4, -0.2) is 11.1 Å². The Kier molecular flexibility index (Phi) is 4.50. The van der Waals surface area contributed by atoms with E-state index in [0.717, 1.165) is 21.2 Å². The molecule has 3 nitrogen and oxygen atoms in total. The minimum atomic E-state index is -0.806. The van der Waals surface area contributed by atoms with Crippen LogP contribution in [0.3, 0.4) is 0 Å². The van der Waals surface area contributed by atoms with Gasteiger partial charge in [0, 0.05) is 16.9 Å². The van der Waals surface area contributed by atoms with Crippen molar-refractivity contribution in [1.82, 2.24) is 0 Å². The molecule has 4 heteroatoms. The van der Waals surface area contributed by atoms with Gasteiger partial charge in [0.2, 0.25) is 0 Å². The summed E-state index contributed by atoms with van der Waals surface area (Å²) in [7, 11) is 0. The average Bonchev–Trinajstić information content (AvgIpc) is 2.23. The quantitative estimate of drug-likeness (QED) is 0.894. The first-order valence-corrected chi connectivity index (χ1v) is 5.95. The fourth-order valence-electron chi connectivity index (χ4n) is 1.67. The molecule has 0 spiro atoms. The third kappa shape index (κ3) is 3.06. The van der Waals surface area contributed by atoms with Crippen molar-refractivity contribution >= 4 is 21.9 Å². The molecule has 1 atom stereocenters. The number of nitrogens with two attached hydrogens (primary N) is 1. The lowest BCUT2D eigenvalue weighted by Gasteiger charge is -2.16. The van der Waals surface area contributed by atoms with Crippen LogP contribution in [-0.2, 0) is 4.79 Å². The van der Waals surface area contributed by atoms with E-state index in [2.05, 4.69) is 15.9 Å². The number of carbonyl (C=O) groups is 1. The predicted octanol–water partition coefficient (Wildman–Crippen LogP) is 2.93. The minimum absolute atomic E-state index is 0.103. The zero-order valence-electron chi connectivity index (χ0n) is 9.46. The van der Waals surface area contributed by atoms with E-state index in [4.69, 9.17) is 10.8 Å². The van der Waals surface area contributed by atoms with Crippen LogP contribution in [0, 0.1) is 13.8 Å². The Morgan fingerprint density at radius 1 is 1.50 bits per heavy atom. The first-order valence-electron chi connectivity index (χ1n) is 5.16. The Morgan fingerprint density at radius 2 is 2.12 bits per heavy atom. The van der Waals surface area contributed by atoms with Crippen LogP contribution in [0.2, 0.25) is 0 Å². The molecule has 0 bridgehead atoms. The number of hydrogen-bond acceptors (Lipinski definition) is 2. The lowest BCUT2D eigenvalue weighted by Crippen LogP contribution is -2.14. The Bertz CT molecular complexity index is 404. The summed E-state index contributed by atoms with van der Waals surface area (Å²) in [4.78, 5) is 10.5. The number of halogens is 1. The van der Waals surface area contributed by atoms with Gasteiger partial charge in [-0.3, -0.25) is 4.79 Å². The Morgan fingerprint density at radius 3 is 2.69 bits per heavy atom. The van der Waals surface area contributed by atoms with Gasteiger partial charge in [0.25, 0.3) is 0 Å². The van der Waals surface area contributed by atoms with Gasteiger partial charge >= 0.3 is 5.97 Å². The zero-order chi connectivity index (χ0) is 12.3. The molecular weight excluding hydrogens is 270 g/mol. The summed E-state index contributed by atoms with van der Waals surface area (Å²) in [6, 6.07) is 3.75. The molecule has 0 amide bonds. The van der Waals surface area contributed by atoms with E-state index < -0.39 is 5.97 Å². The lowest BCUT2D eigenvalue weighted by atomic mass is 9.97. The summed E-state index contributed by atoms with van der Waals surface area (Å²) in [6.07, 6.45) is 0.567. The van der Waals surface area contributed by atoms with Crippen LogP contribution >= 0.6 is 15.9 Å². The maximum Gasteiger partial charge on any atom is 0.303 e. The highest BCUT2D eigenvalue weighted by Gasteiger charge is 2.13. The molecule has 3 N–H and O–H groups in total. The Hall–Kier alpha value is -0.870. The van der Waals surface area contributed by atoms with Crippen LogP contribution in [0.1, 0.15) is 35.6 Å². The first-order chi connectivity index (χ1) is 7.43. The van der Waals surface area contributed by atoms with Crippen LogP contribution in [0.25, 0.3) is 0 Å². The Balaban J connectivity index is 2.87. The third-order valence-electron chi connectivity index (χ3n) is 2.69. The van der Waals surface area contributed by atoms with E-state index in [1.165, 1.54) is 0 Å². The van der Waals surface area contributed by atoms with E-state index in [1.54, 1.807) is 0 Å². The molecule has 0 heterocycles. The molecular formula is C12H16BrNO2. The largest absolute Gasteiger partial charge is 0.481 e. The molecule has 1 rings (SSSR count). The number of hydrogen-bond donors (Lipinski definition) is 2. The molecule has 0 fully saturated rings. The second kappa shape index (κ2) is 5.46. The average molecular weight is 286 g/mol. The molecule has 0 saturated heterocycles. The SMILES string of the molecule is Cc1ccc(C(N)CCC(=O)O)c(C)c1Br. The van der Waals surface area contributed by atoms with E-state index in [1.807, 2.05) is 26.0 Å². The van der Waals surface area contributed by atoms with Crippen molar-refractivity contribution in [3.63, 3.8) is 0 Å². The highest BCUT2D eigenvalue weighted by atomic mass is 79.9. The highest BCUT2D eigenvalue weighted by molar-refractivity contribution is 9.10. The van der Waals surface area contributed by atoms with Gasteiger partial charge in [0.15, 0.2) is 0 Å². The number of aliphatic carboxylic acids is 1. The van der Waals surface area contributed by atoms with Gasteiger partial charge in [0.1, 0.15) is 0 Å². The molecule has 0 saturated carbocycles. The fraction of sp³-hybridized carbons (Fsp3) is 0.417. The molecule has 1 aromatic carbocycles. The van der Waals surface area contributed by atoms with E-state index >= 15 is 0 Å². The van der Waals surface area contributed by atoms with Crippen molar-refractivity contribution in [2.75, 3.05) is 0 Å². The number of benzene rings is 1. The van der Waals surface area contributed by atoms with Crippen molar-refractivity contribution < 1.29 is 9.90 Å². The van der Waals surface area contributed by atoms with Crippen LogP contribution < -0.4 is 5.73 Å². The van der Waals surface area contributed by atoms with Gasteiger partial charge in [-0.1, -0.05) is 28.1 Å². The molecule has 0 aromatic heterocycles. The minimum Gasteiger partial charge on any atom is -0.481 e. The Labute approximate surface area is 104 Å². The molecule has 1 unspecified atom stereocenters. The van der Waals surface area contributed by atoms with Crippen molar-refractivity contribution in [3.8, 4) is 0 Å². The number of aryl methyl sites for hydroxylation is 1. The van der Waals surface area contributed by atoms with Crippen molar-refractivity contribution in [2.24, 2.45) is 5.73 Å². The highest BCUT2D eigenvalue weighted by Crippen LogP contribution is 2.28. The van der Waals surface area contributed by atoms with Gasteiger partial charge in [-0.15, -0.1) is 0 Å². The zero-order valence-corrected chi connectivity index (χ0v) is 11.0. The van der Waals surface area contributed by atoms with Gasteiger partial charge < -0.3 is 10.8 Å². The van der Waals surface area contributed by atoms with Crippen LogP contribution in [0.4, 0.5) is 0 Å². The van der Waals surface area contributed by atoms with Crippen LogP contribution in [0.15, 0.2) is 16.6 Å². The van der Waals surface area contributed by atoms with Crippen LogP contribution in [0.5, 0.6) is 0 Å². The van der Waals surface area contributed by atoms with E-state index in [0.29, 0.717) is 6.42 Å². The number of carboxylic acids is 1. The summed E-state index contributed by atoms with van der Waals surface area (Å²) >= 11 is 3.51. The summed E-state index contributed by atoms with van der Waals surface area (Å²) < 4.78 is 1.05. The molecule has 0 aliphatic rings. The van der Waals surface area contributed by atoms with E-state index in [-0.39, 0.29) is 12.5 Å². The second-order valence-electron chi connectivity index (χ2n) is 3.95. The molecule has 88 valence electrons. The summed E-state index contributed by atoms with van der Waals surface area (Å²) in [6.45, 7) is 4.01. The fourth-order valence-corrected chi connectivity index (χ4v) is 2.03. The van der Waals surface area contributed by atoms with Gasteiger partial charge in [0.05, 0.1) is 0 Å². The monoisotopic (exact) mass is 285 g/mol. The molecule has 1 aromatic rings. The van der Waals surface area contributed by atoms with Gasteiger partial charge in [-0.05, 0) is 37.0 Å². The number of carboxylic acid groups (broad SMARTS) is 1. The molecule has 16 heavy (non-hydrogen) atoms. The second-order valence-corrected chi connectivity index (χ2v) is 4.74. The van der Waals surface area contributed by atoms with Gasteiger partial charge in [-0.25, -0.2) is 0 Å². The number of rotatable bonds is 4. The van der Waals surface area contributed by atoms with E-state index in [9.17, 15) is 4.79 Å². The molecule has 0 aliphatic carbocycles. The smallest absolute Gasteiger partial charge is 0.303 e. The molecule has 0 radical (unpaired) electrons. The maximum atomic E-state index is 10.5. The normalized spacial score (nSPS) is 12.5.